The molecule has 0 fully saturated rings. The van der Waals surface area contributed by atoms with Crippen LogP contribution < -0.4 is 5.43 Å². The largest absolute Gasteiger partial charge is 0.272 e. The molecule has 1 N–H and O–H groups in total. The van der Waals surface area contributed by atoms with Crippen LogP contribution in [0.4, 0.5) is 5.69 Å². The Kier molecular flexibility index (Phi) is 4.35. The standard InChI is InChI=1S/C14H12N4O3/c1-10-5-6-12(9-15-10)14(19)17-16-8-11-3-2-4-13(7-11)18(20)21/h2-9H,1H3,(H,17,19). The first-order valence-corrected chi connectivity index (χ1v) is 6.07. The van der Waals surface area contributed by atoms with E-state index in [0.717, 1.165) is 5.69 Å². The maximum absolute atomic E-state index is 11.7. The van der Waals surface area contributed by atoms with Crippen LogP contribution in [-0.2, 0) is 0 Å². The summed E-state index contributed by atoms with van der Waals surface area (Å²) in [6.07, 6.45) is 2.79. The van der Waals surface area contributed by atoms with Gasteiger partial charge in [-0.05, 0) is 19.1 Å². The third-order valence-electron chi connectivity index (χ3n) is 2.63. The minimum Gasteiger partial charge on any atom is -0.267 e. The zero-order valence-corrected chi connectivity index (χ0v) is 11.2. The number of carbonyl (C=O) groups is 1. The lowest BCUT2D eigenvalue weighted by Crippen LogP contribution is -2.17. The lowest BCUT2D eigenvalue weighted by atomic mass is 10.2. The van der Waals surface area contributed by atoms with E-state index in [4.69, 9.17) is 0 Å². The molecule has 2 aromatic rings. The predicted molar refractivity (Wildman–Crippen MR) is 77.1 cm³/mol. The average molecular weight is 284 g/mol. The summed E-state index contributed by atoms with van der Waals surface area (Å²) in [6, 6.07) is 9.30. The number of benzene rings is 1. The Balaban J connectivity index is 2.02. The van der Waals surface area contributed by atoms with Crippen molar-refractivity contribution in [1.29, 1.82) is 0 Å². The number of carbonyl (C=O) groups excluding carboxylic acids is 1. The van der Waals surface area contributed by atoms with Crippen LogP contribution in [0.5, 0.6) is 0 Å². The molecule has 7 nitrogen and oxygen atoms in total. The molecule has 7 heteroatoms. The number of nitro groups is 1. The van der Waals surface area contributed by atoms with Gasteiger partial charge in [-0.3, -0.25) is 19.9 Å². The van der Waals surface area contributed by atoms with Gasteiger partial charge < -0.3 is 0 Å². The molecular weight excluding hydrogens is 272 g/mol. The molecule has 0 saturated heterocycles. The van der Waals surface area contributed by atoms with Crippen molar-refractivity contribution >= 4 is 17.8 Å². The zero-order valence-electron chi connectivity index (χ0n) is 11.2. The fraction of sp³-hybridized carbons (Fsp3) is 0.0714. The zero-order chi connectivity index (χ0) is 15.2. The van der Waals surface area contributed by atoms with Gasteiger partial charge in [0.25, 0.3) is 11.6 Å². The fourth-order valence-corrected chi connectivity index (χ4v) is 1.55. The maximum Gasteiger partial charge on any atom is 0.272 e. The van der Waals surface area contributed by atoms with Gasteiger partial charge in [-0.2, -0.15) is 5.10 Å². The molecule has 0 aliphatic heterocycles. The summed E-state index contributed by atoms with van der Waals surface area (Å²) in [4.78, 5) is 25.9. The number of non-ortho nitro benzene ring substituents is 1. The van der Waals surface area contributed by atoms with Crippen molar-refractivity contribution in [3.8, 4) is 0 Å². The van der Waals surface area contributed by atoms with E-state index in [1.165, 1.54) is 24.5 Å². The smallest absolute Gasteiger partial charge is 0.267 e. The molecule has 0 radical (unpaired) electrons. The summed E-state index contributed by atoms with van der Waals surface area (Å²) >= 11 is 0. The quantitative estimate of drug-likeness (QED) is 0.528. The van der Waals surface area contributed by atoms with Crippen LogP contribution >= 0.6 is 0 Å². The fourth-order valence-electron chi connectivity index (χ4n) is 1.55. The van der Waals surface area contributed by atoms with Crippen molar-refractivity contribution in [2.45, 2.75) is 6.92 Å². The number of amides is 1. The van der Waals surface area contributed by atoms with Gasteiger partial charge in [0.15, 0.2) is 0 Å². The van der Waals surface area contributed by atoms with E-state index in [0.29, 0.717) is 11.1 Å². The Labute approximate surface area is 120 Å². The number of nitro benzene ring substituents is 1. The van der Waals surface area contributed by atoms with Crippen molar-refractivity contribution in [3.63, 3.8) is 0 Å². The minimum atomic E-state index is -0.492. The number of nitrogens with zero attached hydrogens (tertiary/aromatic N) is 3. The predicted octanol–water partition coefficient (Wildman–Crippen LogP) is 2.06. The number of nitrogens with one attached hydrogen (secondary N) is 1. The molecule has 0 bridgehead atoms. The highest BCUT2D eigenvalue weighted by atomic mass is 16.6. The molecule has 21 heavy (non-hydrogen) atoms. The van der Waals surface area contributed by atoms with E-state index in [9.17, 15) is 14.9 Å². The Bertz CT molecular complexity index is 696. The van der Waals surface area contributed by atoms with Gasteiger partial charge in [0.05, 0.1) is 16.7 Å². The van der Waals surface area contributed by atoms with Gasteiger partial charge in [0.1, 0.15) is 0 Å². The Morgan fingerprint density at radius 3 is 2.86 bits per heavy atom. The highest BCUT2D eigenvalue weighted by Crippen LogP contribution is 2.11. The van der Waals surface area contributed by atoms with Crippen LogP contribution in [0.3, 0.4) is 0 Å². The summed E-state index contributed by atoms with van der Waals surface area (Å²) in [6.45, 7) is 1.82. The number of hydrazone groups is 1. The number of hydrogen-bond donors (Lipinski definition) is 1. The first-order chi connectivity index (χ1) is 10.1. The SMILES string of the molecule is Cc1ccc(C(=O)NN=Cc2cccc([N+](=O)[O-])c2)cn1. The van der Waals surface area contributed by atoms with E-state index in [1.54, 1.807) is 24.3 Å². The van der Waals surface area contributed by atoms with Crippen molar-refractivity contribution in [3.05, 3.63) is 69.5 Å². The first kappa shape index (κ1) is 14.3. The van der Waals surface area contributed by atoms with Gasteiger partial charge >= 0.3 is 0 Å². The second-order valence-corrected chi connectivity index (χ2v) is 4.24. The lowest BCUT2D eigenvalue weighted by Gasteiger charge is -1.99. The van der Waals surface area contributed by atoms with E-state index in [2.05, 4.69) is 15.5 Å². The molecule has 0 atom stereocenters. The summed E-state index contributed by atoms with van der Waals surface area (Å²) in [5.41, 5.74) is 4.02. The number of pyridine rings is 1. The van der Waals surface area contributed by atoms with Crippen molar-refractivity contribution in [1.82, 2.24) is 10.4 Å². The molecule has 2 rings (SSSR count). The van der Waals surface area contributed by atoms with Crippen LogP contribution in [0.2, 0.25) is 0 Å². The molecule has 1 amide bonds. The molecule has 1 aromatic carbocycles. The topological polar surface area (TPSA) is 97.5 Å². The van der Waals surface area contributed by atoms with Gasteiger partial charge in [0, 0.05) is 29.6 Å². The molecule has 0 spiro atoms. The Morgan fingerprint density at radius 2 is 2.19 bits per heavy atom. The normalized spacial score (nSPS) is 10.5. The molecule has 1 heterocycles. The highest BCUT2D eigenvalue weighted by Gasteiger charge is 2.05. The highest BCUT2D eigenvalue weighted by molar-refractivity contribution is 5.94. The summed E-state index contributed by atoms with van der Waals surface area (Å²) in [5, 5.41) is 14.4. The number of aryl methyl sites for hydroxylation is 1. The summed E-state index contributed by atoms with van der Waals surface area (Å²) in [5.74, 6) is -0.399. The van der Waals surface area contributed by atoms with E-state index in [1.807, 2.05) is 6.92 Å². The molecule has 106 valence electrons. The van der Waals surface area contributed by atoms with Gasteiger partial charge in [0.2, 0.25) is 0 Å². The van der Waals surface area contributed by atoms with Crippen LogP contribution in [-0.4, -0.2) is 22.0 Å². The minimum absolute atomic E-state index is 0.0342. The van der Waals surface area contributed by atoms with Gasteiger partial charge in [-0.1, -0.05) is 12.1 Å². The number of hydrogen-bond acceptors (Lipinski definition) is 5. The average Bonchev–Trinajstić information content (AvgIpc) is 2.48. The first-order valence-electron chi connectivity index (χ1n) is 6.07. The van der Waals surface area contributed by atoms with Crippen LogP contribution in [0.15, 0.2) is 47.7 Å². The van der Waals surface area contributed by atoms with Crippen molar-refractivity contribution in [2.75, 3.05) is 0 Å². The maximum atomic E-state index is 11.7. The third-order valence-corrected chi connectivity index (χ3v) is 2.63. The molecule has 0 saturated carbocycles. The van der Waals surface area contributed by atoms with Crippen LogP contribution in [0.25, 0.3) is 0 Å². The summed E-state index contributed by atoms with van der Waals surface area (Å²) < 4.78 is 0. The molecule has 0 aliphatic carbocycles. The van der Waals surface area contributed by atoms with Gasteiger partial charge in [-0.15, -0.1) is 0 Å². The summed E-state index contributed by atoms with van der Waals surface area (Å²) in [7, 11) is 0. The van der Waals surface area contributed by atoms with Crippen LogP contribution in [0.1, 0.15) is 21.6 Å². The Hall–Kier alpha value is -3.09. The van der Waals surface area contributed by atoms with Gasteiger partial charge in [-0.25, -0.2) is 5.43 Å². The third kappa shape index (κ3) is 3.93. The van der Waals surface area contributed by atoms with Crippen molar-refractivity contribution in [2.24, 2.45) is 5.10 Å². The molecule has 1 aromatic heterocycles. The van der Waals surface area contributed by atoms with E-state index < -0.39 is 10.8 Å². The van der Waals surface area contributed by atoms with Crippen LogP contribution in [0, 0.1) is 17.0 Å². The van der Waals surface area contributed by atoms with E-state index >= 15 is 0 Å². The van der Waals surface area contributed by atoms with Crippen molar-refractivity contribution < 1.29 is 9.72 Å². The number of aromatic nitrogens is 1. The van der Waals surface area contributed by atoms with E-state index in [-0.39, 0.29) is 5.69 Å². The monoisotopic (exact) mass is 284 g/mol. The molecular formula is C14H12N4O3. The second kappa shape index (κ2) is 6.38. The molecule has 0 aliphatic rings. The number of rotatable bonds is 4. The molecule has 0 unspecified atom stereocenters. The Morgan fingerprint density at radius 1 is 1.38 bits per heavy atom. The second-order valence-electron chi connectivity index (χ2n) is 4.24. The lowest BCUT2D eigenvalue weighted by molar-refractivity contribution is -0.384.